The first-order chi connectivity index (χ1) is 9.65. The van der Waals surface area contributed by atoms with E-state index in [1.807, 2.05) is 0 Å². The molecule has 1 rings (SSSR count). The Kier molecular flexibility index (Phi) is 7.91. The van der Waals surface area contributed by atoms with Gasteiger partial charge >= 0.3 is 0 Å². The number of nitrogens with one attached hydrogen (secondary N) is 2. The average Bonchev–Trinajstić information content (AvgIpc) is 2.42. The maximum atomic E-state index is 5.55. The monoisotopic (exact) mass is 281 g/mol. The first kappa shape index (κ1) is 16.7. The van der Waals surface area contributed by atoms with Crippen LogP contribution in [0.25, 0.3) is 0 Å². The number of aromatic nitrogens is 2. The second-order valence-electron chi connectivity index (χ2n) is 5.17. The van der Waals surface area contributed by atoms with Gasteiger partial charge in [-0.25, -0.2) is 15.8 Å². The van der Waals surface area contributed by atoms with Crippen molar-refractivity contribution in [1.82, 2.24) is 9.97 Å². The minimum atomic E-state index is 0.631. The number of ether oxygens (including phenoxy) is 1. The largest absolute Gasteiger partial charge is 0.380 e. The van der Waals surface area contributed by atoms with Gasteiger partial charge in [-0.05, 0) is 18.8 Å². The van der Waals surface area contributed by atoms with Gasteiger partial charge in [0.15, 0.2) is 0 Å². The van der Waals surface area contributed by atoms with Gasteiger partial charge in [-0.2, -0.15) is 0 Å². The van der Waals surface area contributed by atoms with E-state index in [-0.39, 0.29) is 0 Å². The van der Waals surface area contributed by atoms with Gasteiger partial charge in [0.25, 0.3) is 0 Å². The Bertz CT molecular complexity index is 384. The van der Waals surface area contributed by atoms with E-state index in [4.69, 9.17) is 10.6 Å². The number of nitrogens with two attached hydrogens (primary N) is 1. The molecule has 0 aliphatic heterocycles. The molecule has 20 heavy (non-hydrogen) atoms. The van der Waals surface area contributed by atoms with Gasteiger partial charge in [0.1, 0.15) is 17.5 Å². The molecule has 1 aromatic heterocycles. The summed E-state index contributed by atoms with van der Waals surface area (Å²) in [5.74, 6) is 8.30. The van der Waals surface area contributed by atoms with E-state index < -0.39 is 0 Å². The lowest BCUT2D eigenvalue weighted by atomic mass is 10.1. The van der Waals surface area contributed by atoms with Gasteiger partial charge < -0.3 is 15.5 Å². The summed E-state index contributed by atoms with van der Waals surface area (Å²) < 4.78 is 5.55. The summed E-state index contributed by atoms with van der Waals surface area (Å²) in [6.07, 6.45) is 2.94. The highest BCUT2D eigenvalue weighted by molar-refractivity contribution is 5.46. The summed E-state index contributed by atoms with van der Waals surface area (Å²) in [7, 11) is 0. The molecule has 1 aromatic rings. The molecule has 1 heterocycles. The lowest BCUT2D eigenvalue weighted by Gasteiger charge is -2.10. The van der Waals surface area contributed by atoms with E-state index in [0.717, 1.165) is 44.1 Å². The fourth-order valence-electron chi connectivity index (χ4n) is 1.67. The van der Waals surface area contributed by atoms with E-state index in [1.54, 1.807) is 6.07 Å². The van der Waals surface area contributed by atoms with Crippen LogP contribution in [0.5, 0.6) is 0 Å². The third kappa shape index (κ3) is 6.68. The Labute approximate surface area is 121 Å². The molecule has 0 unspecified atom stereocenters. The third-order valence-electron chi connectivity index (χ3n) is 2.79. The van der Waals surface area contributed by atoms with Crippen LogP contribution < -0.4 is 16.6 Å². The van der Waals surface area contributed by atoms with Crippen LogP contribution >= 0.6 is 0 Å². The first-order valence-corrected chi connectivity index (χ1v) is 7.31. The van der Waals surface area contributed by atoms with Crippen LogP contribution in [-0.2, 0) is 11.2 Å². The molecule has 0 atom stereocenters. The highest BCUT2D eigenvalue weighted by Crippen LogP contribution is 2.11. The summed E-state index contributed by atoms with van der Waals surface area (Å²) in [5.41, 5.74) is 2.57. The molecule has 0 amide bonds. The molecule has 0 radical (unpaired) electrons. The number of hydrogen-bond donors (Lipinski definition) is 3. The highest BCUT2D eigenvalue weighted by atomic mass is 16.5. The normalized spacial score (nSPS) is 10.8. The number of nitrogens with zero attached hydrogens (tertiary/aromatic N) is 2. The Morgan fingerprint density at radius 1 is 1.25 bits per heavy atom. The summed E-state index contributed by atoms with van der Waals surface area (Å²) in [6, 6.07) is 1.80. The maximum absolute atomic E-state index is 5.55. The molecule has 6 heteroatoms. The van der Waals surface area contributed by atoms with E-state index in [9.17, 15) is 0 Å². The molecule has 0 bridgehead atoms. The molecular formula is C14H27N5O. The number of aryl methyl sites for hydroxylation is 1. The van der Waals surface area contributed by atoms with Crippen LogP contribution in [0.4, 0.5) is 11.6 Å². The number of rotatable bonds is 10. The average molecular weight is 281 g/mol. The van der Waals surface area contributed by atoms with Crippen molar-refractivity contribution in [2.45, 2.75) is 40.0 Å². The van der Waals surface area contributed by atoms with Crippen LogP contribution in [0, 0.1) is 5.92 Å². The quantitative estimate of drug-likeness (QED) is 0.346. The molecule has 0 aliphatic rings. The zero-order valence-electron chi connectivity index (χ0n) is 12.8. The van der Waals surface area contributed by atoms with Crippen LogP contribution in [0.3, 0.4) is 0 Å². The Morgan fingerprint density at radius 3 is 2.65 bits per heavy atom. The molecule has 0 fully saturated rings. The third-order valence-corrected chi connectivity index (χ3v) is 2.79. The standard InChI is InChI=1S/C14H27N5O/c1-4-5-12-17-13(10-14(18-12)19-15)16-7-9-20-8-6-11(2)3/h10-11H,4-9,15H2,1-3H3,(H2,16,17,18,19). The molecular weight excluding hydrogens is 254 g/mol. The lowest BCUT2D eigenvalue weighted by molar-refractivity contribution is 0.132. The van der Waals surface area contributed by atoms with Crippen LogP contribution in [0.2, 0.25) is 0 Å². The number of anilines is 2. The van der Waals surface area contributed by atoms with Crippen molar-refractivity contribution in [3.63, 3.8) is 0 Å². The molecule has 0 aliphatic carbocycles. The van der Waals surface area contributed by atoms with Crippen LogP contribution in [0.1, 0.15) is 39.4 Å². The predicted octanol–water partition coefficient (Wildman–Crippen LogP) is 2.19. The van der Waals surface area contributed by atoms with Gasteiger partial charge in [0, 0.05) is 25.6 Å². The van der Waals surface area contributed by atoms with Crippen molar-refractivity contribution < 1.29 is 4.74 Å². The van der Waals surface area contributed by atoms with Crippen molar-refractivity contribution in [3.05, 3.63) is 11.9 Å². The van der Waals surface area contributed by atoms with Gasteiger partial charge in [-0.1, -0.05) is 20.8 Å². The van der Waals surface area contributed by atoms with Crippen molar-refractivity contribution in [3.8, 4) is 0 Å². The van der Waals surface area contributed by atoms with Crippen molar-refractivity contribution in [1.29, 1.82) is 0 Å². The molecule has 6 nitrogen and oxygen atoms in total. The van der Waals surface area contributed by atoms with Gasteiger partial charge in [0.2, 0.25) is 0 Å². The maximum Gasteiger partial charge on any atom is 0.145 e. The molecule has 4 N–H and O–H groups in total. The minimum Gasteiger partial charge on any atom is -0.380 e. The second kappa shape index (κ2) is 9.50. The minimum absolute atomic E-state index is 0.631. The summed E-state index contributed by atoms with van der Waals surface area (Å²) >= 11 is 0. The molecule has 0 saturated heterocycles. The zero-order valence-corrected chi connectivity index (χ0v) is 12.8. The van der Waals surface area contributed by atoms with Crippen molar-refractivity contribution in [2.24, 2.45) is 11.8 Å². The van der Waals surface area contributed by atoms with E-state index in [1.165, 1.54) is 0 Å². The van der Waals surface area contributed by atoms with Crippen molar-refractivity contribution >= 4 is 11.6 Å². The fourth-order valence-corrected chi connectivity index (χ4v) is 1.67. The topological polar surface area (TPSA) is 85.1 Å². The van der Waals surface area contributed by atoms with Gasteiger partial charge in [-0.15, -0.1) is 0 Å². The predicted molar refractivity (Wildman–Crippen MR) is 82.6 cm³/mol. The first-order valence-electron chi connectivity index (χ1n) is 7.31. The number of hydrazine groups is 1. The zero-order chi connectivity index (χ0) is 14.8. The Balaban J connectivity index is 2.36. The molecule has 0 aromatic carbocycles. The Morgan fingerprint density at radius 2 is 2.00 bits per heavy atom. The van der Waals surface area contributed by atoms with E-state index in [0.29, 0.717) is 18.3 Å². The number of hydrogen-bond acceptors (Lipinski definition) is 6. The molecule has 0 saturated carbocycles. The fraction of sp³-hybridized carbons (Fsp3) is 0.714. The van der Waals surface area contributed by atoms with E-state index in [2.05, 4.69) is 41.5 Å². The SMILES string of the molecule is CCCc1nc(NN)cc(NCCOCCC(C)C)n1. The van der Waals surface area contributed by atoms with Gasteiger partial charge in [0.05, 0.1) is 6.61 Å². The van der Waals surface area contributed by atoms with Gasteiger partial charge in [-0.3, -0.25) is 0 Å². The summed E-state index contributed by atoms with van der Waals surface area (Å²) in [5, 5.41) is 3.23. The summed E-state index contributed by atoms with van der Waals surface area (Å²) in [4.78, 5) is 8.74. The molecule has 114 valence electrons. The summed E-state index contributed by atoms with van der Waals surface area (Å²) in [6.45, 7) is 8.69. The number of nitrogen functional groups attached to an aromatic ring is 1. The van der Waals surface area contributed by atoms with Crippen LogP contribution in [0.15, 0.2) is 6.07 Å². The van der Waals surface area contributed by atoms with Crippen molar-refractivity contribution in [2.75, 3.05) is 30.5 Å². The highest BCUT2D eigenvalue weighted by Gasteiger charge is 2.03. The molecule has 0 spiro atoms. The second-order valence-corrected chi connectivity index (χ2v) is 5.17. The smallest absolute Gasteiger partial charge is 0.145 e. The lowest BCUT2D eigenvalue weighted by Crippen LogP contribution is -2.15. The Hall–Kier alpha value is -1.40. The van der Waals surface area contributed by atoms with Crippen LogP contribution in [-0.4, -0.2) is 29.7 Å². The van der Waals surface area contributed by atoms with E-state index >= 15 is 0 Å².